The van der Waals surface area contributed by atoms with E-state index in [2.05, 4.69) is 5.32 Å². The molecule has 12 heteroatoms. The van der Waals surface area contributed by atoms with Gasteiger partial charge in [0, 0.05) is 30.0 Å². The molecule has 0 unspecified atom stereocenters. The van der Waals surface area contributed by atoms with Crippen molar-refractivity contribution in [2.45, 2.75) is 57.2 Å². The fourth-order valence-electron chi connectivity index (χ4n) is 4.94. The van der Waals surface area contributed by atoms with Gasteiger partial charge in [0.15, 0.2) is 27.5 Å². The molecule has 236 valence electrons. The summed E-state index contributed by atoms with van der Waals surface area (Å²) in [5, 5.41) is 34.2. The molecule has 0 saturated heterocycles. The molecule has 2 aromatic carbocycles. The van der Waals surface area contributed by atoms with Crippen molar-refractivity contribution in [1.82, 2.24) is 5.32 Å². The van der Waals surface area contributed by atoms with Crippen LogP contribution >= 0.6 is 11.6 Å². The Hall–Kier alpha value is -3.80. The molecule has 3 N–H and O–H groups in total. The molecule has 10 nitrogen and oxygen atoms in total. The molecule has 44 heavy (non-hydrogen) atoms. The van der Waals surface area contributed by atoms with Crippen molar-refractivity contribution < 1.29 is 37.7 Å². The summed E-state index contributed by atoms with van der Waals surface area (Å²) in [5.74, 6) is -4.20. The highest BCUT2D eigenvalue weighted by Gasteiger charge is 2.30. The van der Waals surface area contributed by atoms with Crippen LogP contribution in [0.15, 0.2) is 66.9 Å². The van der Waals surface area contributed by atoms with Gasteiger partial charge in [0.05, 0.1) is 30.5 Å². The molecule has 0 bridgehead atoms. The number of nitrogens with zero attached hydrogens (tertiary/aromatic N) is 1. The summed E-state index contributed by atoms with van der Waals surface area (Å²) in [6.07, 6.45) is 2.35. The van der Waals surface area contributed by atoms with Crippen LogP contribution in [0.2, 0.25) is 5.02 Å². The van der Waals surface area contributed by atoms with E-state index >= 15 is 0 Å². The number of aliphatic carboxylic acids is 1. The van der Waals surface area contributed by atoms with E-state index < -0.39 is 57.6 Å². The number of sulfone groups is 1. The van der Waals surface area contributed by atoms with Crippen LogP contribution < -0.4 is 10.0 Å². The molecule has 0 spiro atoms. The summed E-state index contributed by atoms with van der Waals surface area (Å²) in [4.78, 5) is 37.4. The molecule has 0 radical (unpaired) electrons. The summed E-state index contributed by atoms with van der Waals surface area (Å²) in [7, 11) is -3.87. The highest BCUT2D eigenvalue weighted by atomic mass is 35.5. The number of pyridine rings is 1. The van der Waals surface area contributed by atoms with Crippen molar-refractivity contribution in [3.63, 3.8) is 0 Å². The number of carboxylic acid groups (broad SMARTS) is 1. The number of amides is 1. The number of ketones is 1. The Bertz CT molecular complexity index is 1560. The number of carbonyl (C=O) groups excluding carboxylic acids is 2. The van der Waals surface area contributed by atoms with Crippen molar-refractivity contribution in [1.29, 1.82) is 0 Å². The minimum atomic E-state index is -3.87. The summed E-state index contributed by atoms with van der Waals surface area (Å²) in [6.45, 7) is 1.32. The maximum atomic E-state index is 13.4. The fraction of sp³-hybridized carbons (Fsp3) is 0.375. The van der Waals surface area contributed by atoms with E-state index in [0.717, 1.165) is 17.5 Å². The van der Waals surface area contributed by atoms with Crippen molar-refractivity contribution in [2.24, 2.45) is 5.92 Å². The monoisotopic (exact) mass is 644 g/mol. The normalized spacial score (nSPS) is 12.8. The number of aliphatic hydroxyl groups is 1. The van der Waals surface area contributed by atoms with Crippen LogP contribution in [0.1, 0.15) is 47.7 Å². The van der Waals surface area contributed by atoms with E-state index in [4.69, 9.17) is 16.7 Å². The van der Waals surface area contributed by atoms with Gasteiger partial charge in [0.1, 0.15) is 6.04 Å². The van der Waals surface area contributed by atoms with Crippen LogP contribution in [0.5, 0.6) is 0 Å². The second kappa shape index (κ2) is 16.3. The van der Waals surface area contributed by atoms with Crippen LogP contribution in [0.4, 0.5) is 0 Å². The lowest BCUT2D eigenvalue weighted by Gasteiger charge is -2.21. The molecule has 0 fully saturated rings. The van der Waals surface area contributed by atoms with Crippen molar-refractivity contribution in [3.8, 4) is 0 Å². The Morgan fingerprint density at radius 2 is 1.70 bits per heavy atom. The van der Waals surface area contributed by atoms with Crippen LogP contribution in [-0.4, -0.2) is 54.7 Å². The molecule has 0 aliphatic heterocycles. The number of carbonyl (C=O) groups is 3. The predicted molar refractivity (Wildman–Crippen MR) is 166 cm³/mol. The average molecular weight is 645 g/mol. The van der Waals surface area contributed by atoms with E-state index in [-0.39, 0.29) is 25.7 Å². The Morgan fingerprint density at radius 1 is 1.00 bits per heavy atom. The molecule has 0 aliphatic rings. The Labute approximate surface area is 262 Å². The van der Waals surface area contributed by atoms with E-state index in [0.29, 0.717) is 33.0 Å². The van der Waals surface area contributed by atoms with Crippen molar-refractivity contribution in [3.05, 3.63) is 105 Å². The van der Waals surface area contributed by atoms with Crippen molar-refractivity contribution >= 4 is 39.1 Å². The topological polar surface area (TPSA) is 165 Å². The van der Waals surface area contributed by atoms with Gasteiger partial charge < -0.3 is 20.7 Å². The minimum Gasteiger partial charge on any atom is -0.619 e. The summed E-state index contributed by atoms with van der Waals surface area (Å²) in [5.41, 5.74) is 3.22. The zero-order valence-electron chi connectivity index (χ0n) is 24.4. The maximum Gasteiger partial charge on any atom is 0.307 e. The quantitative estimate of drug-likeness (QED) is 0.149. The molecule has 3 aromatic rings. The third-order valence-corrected chi connectivity index (χ3v) is 9.24. The highest BCUT2D eigenvalue weighted by molar-refractivity contribution is 7.90. The predicted octanol–water partition coefficient (Wildman–Crippen LogP) is 3.01. The standard InChI is InChI=1S/C32H37ClN2O8S/c1-2-24-10-13-27(33)18-25(24)12-15-30(37)29(19-36)34-32(40)26(11-14-28-5-3-4-16-35(28)41)21-44(42,43)20-23-8-6-22(7-9-23)17-31(38)39/h3-10,13,16,18,26,29,36H,2,11-12,14-15,17,19-21H2,1H3,(H,34,40)(H,38,39)/t26-,29-/m0/s1. The van der Waals surface area contributed by atoms with Crippen LogP contribution in [0.25, 0.3) is 0 Å². The molecular weight excluding hydrogens is 608 g/mol. The number of Topliss-reactive ketones (excluding diaryl/α,β-unsaturated/α-hetero) is 1. The number of carboxylic acids is 1. The van der Waals surface area contributed by atoms with Crippen molar-refractivity contribution in [2.75, 3.05) is 12.4 Å². The first-order valence-electron chi connectivity index (χ1n) is 14.3. The van der Waals surface area contributed by atoms with E-state index in [1.165, 1.54) is 30.5 Å². The smallest absolute Gasteiger partial charge is 0.307 e. The lowest BCUT2D eigenvalue weighted by Crippen LogP contribution is -2.47. The Kier molecular flexibility index (Phi) is 12.9. The molecule has 3 rings (SSSR count). The SMILES string of the molecule is CCc1ccc(Cl)cc1CCC(=O)[C@H](CO)NC(=O)[C@@H](CCc1cccc[n+]1[O-])CS(=O)(=O)Cc1ccc(CC(=O)O)cc1. The maximum absolute atomic E-state index is 13.4. The Morgan fingerprint density at radius 3 is 2.34 bits per heavy atom. The average Bonchev–Trinajstić information content (AvgIpc) is 2.98. The molecular formula is C32H37ClN2O8S. The van der Waals surface area contributed by atoms with Gasteiger partial charge in [-0.3, -0.25) is 14.4 Å². The van der Waals surface area contributed by atoms with Crippen LogP contribution in [-0.2, 0) is 55.7 Å². The van der Waals surface area contributed by atoms with Gasteiger partial charge in [0.2, 0.25) is 5.91 Å². The van der Waals surface area contributed by atoms with Gasteiger partial charge in [-0.1, -0.05) is 54.9 Å². The summed E-state index contributed by atoms with van der Waals surface area (Å²) >= 11 is 6.12. The first-order chi connectivity index (χ1) is 20.9. The number of aliphatic hydroxyl groups excluding tert-OH is 1. The number of hydrogen-bond acceptors (Lipinski definition) is 7. The number of hydrogen-bond donors (Lipinski definition) is 3. The molecule has 1 aromatic heterocycles. The molecule has 1 heterocycles. The molecule has 1 amide bonds. The summed E-state index contributed by atoms with van der Waals surface area (Å²) in [6, 6.07) is 15.1. The Balaban J connectivity index is 1.73. The number of aromatic nitrogens is 1. The number of aryl methyl sites for hydroxylation is 3. The largest absolute Gasteiger partial charge is 0.619 e. The van der Waals surface area contributed by atoms with Gasteiger partial charge in [-0.25, -0.2) is 8.42 Å². The van der Waals surface area contributed by atoms with Crippen LogP contribution in [0, 0.1) is 11.1 Å². The van der Waals surface area contributed by atoms with Gasteiger partial charge in [-0.05, 0) is 53.6 Å². The first kappa shape index (κ1) is 34.7. The van der Waals surface area contributed by atoms with E-state index in [9.17, 15) is 33.1 Å². The minimum absolute atomic E-state index is 0.00355. The number of halogens is 1. The van der Waals surface area contributed by atoms with Crippen LogP contribution in [0.3, 0.4) is 0 Å². The fourth-order valence-corrected chi connectivity index (χ4v) is 6.88. The van der Waals surface area contributed by atoms with Gasteiger partial charge in [-0.15, -0.1) is 0 Å². The van der Waals surface area contributed by atoms with Gasteiger partial charge in [-0.2, -0.15) is 4.73 Å². The second-order valence-corrected chi connectivity index (χ2v) is 13.2. The van der Waals surface area contributed by atoms with E-state index in [1.807, 2.05) is 13.0 Å². The zero-order valence-corrected chi connectivity index (χ0v) is 26.0. The zero-order chi connectivity index (χ0) is 32.3. The molecule has 0 aliphatic carbocycles. The number of nitrogens with one attached hydrogen (secondary N) is 1. The highest BCUT2D eigenvalue weighted by Crippen LogP contribution is 2.20. The summed E-state index contributed by atoms with van der Waals surface area (Å²) < 4.78 is 27.1. The lowest BCUT2D eigenvalue weighted by molar-refractivity contribution is -0.614. The first-order valence-corrected chi connectivity index (χ1v) is 16.5. The second-order valence-electron chi connectivity index (χ2n) is 10.7. The third kappa shape index (κ3) is 10.7. The lowest BCUT2D eigenvalue weighted by atomic mass is 9.97. The molecule has 0 saturated carbocycles. The third-order valence-electron chi connectivity index (χ3n) is 7.32. The number of rotatable bonds is 17. The van der Waals surface area contributed by atoms with Gasteiger partial charge >= 0.3 is 5.97 Å². The van der Waals surface area contributed by atoms with E-state index in [1.54, 1.807) is 30.3 Å². The molecule has 2 atom stereocenters. The number of benzene rings is 2. The van der Waals surface area contributed by atoms with Gasteiger partial charge in [0.25, 0.3) is 0 Å².